The lowest BCUT2D eigenvalue weighted by atomic mass is 9.69. The molecule has 134 valence electrons. The van der Waals surface area contributed by atoms with Crippen molar-refractivity contribution in [2.75, 3.05) is 6.61 Å². The first-order valence-corrected chi connectivity index (χ1v) is 8.78. The topological polar surface area (TPSA) is 68.5 Å². The first kappa shape index (κ1) is 17.5. The molecule has 1 aliphatic heterocycles. The van der Waals surface area contributed by atoms with E-state index >= 15 is 0 Å². The first-order chi connectivity index (χ1) is 11.8. The summed E-state index contributed by atoms with van der Waals surface area (Å²) in [5, 5.41) is 3.30. The quantitative estimate of drug-likeness (QED) is 0.841. The molecular weight excluding hydrogens is 318 g/mol. The molecule has 1 aromatic rings. The number of rotatable bonds is 4. The molecule has 0 fully saturated rings. The molecular formula is C20H25NO4. The maximum atomic E-state index is 12.9. The van der Waals surface area contributed by atoms with Crippen molar-refractivity contribution in [2.45, 2.75) is 52.9 Å². The van der Waals surface area contributed by atoms with Crippen molar-refractivity contribution in [3.05, 3.63) is 46.7 Å². The van der Waals surface area contributed by atoms with Crippen LogP contribution in [0.4, 0.5) is 0 Å². The van der Waals surface area contributed by atoms with Gasteiger partial charge in [0.15, 0.2) is 5.78 Å². The van der Waals surface area contributed by atoms with Crippen molar-refractivity contribution >= 4 is 11.8 Å². The van der Waals surface area contributed by atoms with E-state index in [1.54, 1.807) is 12.3 Å². The van der Waals surface area contributed by atoms with Gasteiger partial charge >= 0.3 is 5.97 Å². The molecule has 1 aromatic heterocycles. The number of allylic oxidation sites excluding steroid dienone is 3. The zero-order valence-corrected chi connectivity index (χ0v) is 15.3. The van der Waals surface area contributed by atoms with Crippen molar-refractivity contribution < 1.29 is 18.7 Å². The lowest BCUT2D eigenvalue weighted by Gasteiger charge is -2.38. The molecule has 0 saturated heterocycles. The van der Waals surface area contributed by atoms with Crippen LogP contribution in [0.5, 0.6) is 0 Å². The first-order valence-electron chi connectivity index (χ1n) is 8.78. The SMILES string of the molecule is CCCOC(=O)C1=C(C)NC2=C(C(=O)CC(C)(C)C2)[C@H]1c1ccco1. The third kappa shape index (κ3) is 3.28. The summed E-state index contributed by atoms with van der Waals surface area (Å²) in [5.74, 6) is -0.227. The summed E-state index contributed by atoms with van der Waals surface area (Å²) in [6.45, 7) is 8.33. The van der Waals surface area contributed by atoms with Gasteiger partial charge in [-0.2, -0.15) is 0 Å². The van der Waals surface area contributed by atoms with Crippen molar-refractivity contribution in [1.29, 1.82) is 0 Å². The monoisotopic (exact) mass is 343 g/mol. The van der Waals surface area contributed by atoms with Crippen LogP contribution < -0.4 is 5.32 Å². The fraction of sp³-hybridized carbons (Fsp3) is 0.500. The Morgan fingerprint density at radius 2 is 2.16 bits per heavy atom. The standard InChI is InChI=1S/C20H25NO4/c1-5-8-25-19(23)16-12(2)21-13-10-20(3,4)11-14(22)17(13)18(16)15-7-6-9-24-15/h6-7,9,18,21H,5,8,10-11H2,1-4H3/t18-/m0/s1. The average molecular weight is 343 g/mol. The molecule has 2 heterocycles. The minimum Gasteiger partial charge on any atom is -0.468 e. The zero-order valence-electron chi connectivity index (χ0n) is 15.3. The Kier molecular flexibility index (Phi) is 4.58. The van der Waals surface area contributed by atoms with E-state index in [-0.39, 0.29) is 11.2 Å². The molecule has 0 radical (unpaired) electrons. The Morgan fingerprint density at radius 3 is 2.80 bits per heavy atom. The Bertz CT molecular complexity index is 753. The molecule has 5 nitrogen and oxygen atoms in total. The van der Waals surface area contributed by atoms with Crippen LogP contribution in [0.3, 0.4) is 0 Å². The van der Waals surface area contributed by atoms with Crippen LogP contribution in [-0.4, -0.2) is 18.4 Å². The molecule has 2 aliphatic rings. The van der Waals surface area contributed by atoms with E-state index in [2.05, 4.69) is 19.2 Å². The van der Waals surface area contributed by atoms with E-state index in [9.17, 15) is 9.59 Å². The summed E-state index contributed by atoms with van der Waals surface area (Å²) in [6.07, 6.45) is 3.54. The van der Waals surface area contributed by atoms with Crippen molar-refractivity contribution in [3.8, 4) is 0 Å². The number of hydrogen-bond donors (Lipinski definition) is 1. The van der Waals surface area contributed by atoms with Gasteiger partial charge in [0.25, 0.3) is 0 Å². The summed E-state index contributed by atoms with van der Waals surface area (Å²) >= 11 is 0. The van der Waals surface area contributed by atoms with E-state index in [1.165, 1.54) is 0 Å². The zero-order chi connectivity index (χ0) is 18.2. The number of Topliss-reactive ketones (excluding diaryl/α,β-unsaturated/α-hetero) is 1. The van der Waals surface area contributed by atoms with Crippen LogP contribution in [0, 0.1) is 5.41 Å². The largest absolute Gasteiger partial charge is 0.468 e. The normalized spacial score (nSPS) is 22.6. The third-order valence-corrected chi connectivity index (χ3v) is 4.72. The maximum absolute atomic E-state index is 12.9. The Hall–Kier alpha value is -2.30. The van der Waals surface area contributed by atoms with Crippen LogP contribution in [0.1, 0.15) is 58.6 Å². The van der Waals surface area contributed by atoms with Crippen LogP contribution in [0.25, 0.3) is 0 Å². The number of furan rings is 1. The van der Waals surface area contributed by atoms with Gasteiger partial charge in [0.2, 0.25) is 0 Å². The van der Waals surface area contributed by atoms with Crippen molar-refractivity contribution in [1.82, 2.24) is 5.32 Å². The number of esters is 1. The molecule has 0 aromatic carbocycles. The van der Waals surface area contributed by atoms with Crippen LogP contribution in [0.15, 0.2) is 45.4 Å². The van der Waals surface area contributed by atoms with E-state index in [0.717, 1.165) is 24.2 Å². The molecule has 0 spiro atoms. The lowest BCUT2D eigenvalue weighted by molar-refractivity contribution is -0.139. The van der Waals surface area contributed by atoms with E-state index in [0.29, 0.717) is 29.9 Å². The van der Waals surface area contributed by atoms with Crippen LogP contribution in [-0.2, 0) is 14.3 Å². The van der Waals surface area contributed by atoms with Gasteiger partial charge in [0.1, 0.15) is 5.76 Å². The molecule has 0 saturated carbocycles. The minimum absolute atomic E-state index is 0.0634. The Morgan fingerprint density at radius 1 is 1.40 bits per heavy atom. The molecule has 1 aliphatic carbocycles. The summed E-state index contributed by atoms with van der Waals surface area (Å²) in [7, 11) is 0. The number of hydrogen-bond acceptors (Lipinski definition) is 5. The third-order valence-electron chi connectivity index (χ3n) is 4.72. The van der Waals surface area contributed by atoms with Gasteiger partial charge in [0.05, 0.1) is 24.4 Å². The second kappa shape index (κ2) is 6.54. The minimum atomic E-state index is -0.501. The van der Waals surface area contributed by atoms with Gasteiger partial charge in [0, 0.05) is 23.4 Å². The van der Waals surface area contributed by atoms with E-state index in [4.69, 9.17) is 9.15 Å². The van der Waals surface area contributed by atoms with Crippen molar-refractivity contribution in [3.63, 3.8) is 0 Å². The maximum Gasteiger partial charge on any atom is 0.336 e. The van der Waals surface area contributed by atoms with Crippen molar-refractivity contribution in [2.24, 2.45) is 5.41 Å². The second-order valence-electron chi connectivity index (χ2n) is 7.58. The molecule has 0 bridgehead atoms. The number of ketones is 1. The number of ether oxygens (including phenoxy) is 1. The summed E-state index contributed by atoms with van der Waals surface area (Å²) < 4.78 is 11.0. The smallest absolute Gasteiger partial charge is 0.336 e. The average Bonchev–Trinajstić information content (AvgIpc) is 3.04. The lowest BCUT2D eigenvalue weighted by Crippen LogP contribution is -2.38. The predicted octanol–water partition coefficient (Wildman–Crippen LogP) is 3.84. The van der Waals surface area contributed by atoms with Crippen LogP contribution in [0.2, 0.25) is 0 Å². The molecule has 5 heteroatoms. The molecule has 1 atom stereocenters. The Balaban J connectivity index is 2.08. The van der Waals surface area contributed by atoms with Gasteiger partial charge in [-0.1, -0.05) is 20.8 Å². The highest BCUT2D eigenvalue weighted by Gasteiger charge is 2.44. The Labute approximate surface area is 148 Å². The number of dihydropyridines is 1. The summed E-state index contributed by atoms with van der Waals surface area (Å²) in [6, 6.07) is 3.59. The fourth-order valence-electron chi connectivity index (χ4n) is 3.72. The highest BCUT2D eigenvalue weighted by Crippen LogP contribution is 2.46. The number of carbonyl (C=O) groups is 2. The van der Waals surface area contributed by atoms with Gasteiger partial charge < -0.3 is 14.5 Å². The highest BCUT2D eigenvalue weighted by atomic mass is 16.5. The number of nitrogens with one attached hydrogen (secondary N) is 1. The second-order valence-corrected chi connectivity index (χ2v) is 7.58. The fourth-order valence-corrected chi connectivity index (χ4v) is 3.72. The van der Waals surface area contributed by atoms with Gasteiger partial charge in [-0.05, 0) is 37.3 Å². The molecule has 1 N–H and O–H groups in total. The van der Waals surface area contributed by atoms with Gasteiger partial charge in [-0.25, -0.2) is 4.79 Å². The molecule has 25 heavy (non-hydrogen) atoms. The molecule has 3 rings (SSSR count). The van der Waals surface area contributed by atoms with E-state index in [1.807, 2.05) is 19.9 Å². The highest BCUT2D eigenvalue weighted by molar-refractivity contribution is 6.03. The predicted molar refractivity (Wildman–Crippen MR) is 93.6 cm³/mol. The molecule has 0 unspecified atom stereocenters. The van der Waals surface area contributed by atoms with Gasteiger partial charge in [-0.3, -0.25) is 4.79 Å². The van der Waals surface area contributed by atoms with Crippen LogP contribution >= 0.6 is 0 Å². The number of carbonyl (C=O) groups excluding carboxylic acids is 2. The summed E-state index contributed by atoms with van der Waals surface area (Å²) in [5.41, 5.74) is 2.63. The molecule has 0 amide bonds. The van der Waals surface area contributed by atoms with Gasteiger partial charge in [-0.15, -0.1) is 0 Å². The summed E-state index contributed by atoms with van der Waals surface area (Å²) in [4.78, 5) is 25.6. The van der Waals surface area contributed by atoms with E-state index < -0.39 is 11.9 Å².